The number of carbonyl (C=O) groups excluding carboxylic acids is 1. The van der Waals surface area contributed by atoms with Crippen molar-refractivity contribution in [3.63, 3.8) is 0 Å². The average Bonchev–Trinajstić information content (AvgIpc) is 3.54. The molecule has 146 valence electrons. The van der Waals surface area contributed by atoms with Crippen LogP contribution in [0.25, 0.3) is 0 Å². The van der Waals surface area contributed by atoms with Crippen LogP contribution in [0.4, 0.5) is 0 Å². The van der Waals surface area contributed by atoms with Crippen LogP contribution in [0, 0.1) is 5.92 Å². The van der Waals surface area contributed by atoms with Crippen molar-refractivity contribution in [1.82, 2.24) is 9.80 Å². The molecule has 2 atom stereocenters. The number of piperidine rings is 1. The summed E-state index contributed by atoms with van der Waals surface area (Å²) in [4.78, 5) is 18.2. The van der Waals surface area contributed by atoms with Crippen LogP contribution in [0.3, 0.4) is 0 Å². The van der Waals surface area contributed by atoms with Crippen molar-refractivity contribution < 1.29 is 9.53 Å². The minimum absolute atomic E-state index is 0.285. The van der Waals surface area contributed by atoms with Gasteiger partial charge in [-0.25, -0.2) is 0 Å². The van der Waals surface area contributed by atoms with E-state index in [2.05, 4.69) is 52.3 Å². The Hall–Kier alpha value is -2.33. The number of likely N-dealkylation sites (tertiary alicyclic amines) is 2. The maximum absolute atomic E-state index is 13.5. The van der Waals surface area contributed by atoms with Gasteiger partial charge in [-0.05, 0) is 48.4 Å². The second kappa shape index (κ2) is 6.93. The van der Waals surface area contributed by atoms with Gasteiger partial charge >= 0.3 is 0 Å². The van der Waals surface area contributed by atoms with Crippen LogP contribution in [-0.4, -0.2) is 48.5 Å². The van der Waals surface area contributed by atoms with Gasteiger partial charge < -0.3 is 9.64 Å². The van der Waals surface area contributed by atoms with E-state index < -0.39 is 0 Å². The van der Waals surface area contributed by atoms with Crippen molar-refractivity contribution in [2.24, 2.45) is 5.92 Å². The van der Waals surface area contributed by atoms with Gasteiger partial charge in [0.05, 0.1) is 12.5 Å². The number of rotatable bonds is 5. The number of ether oxygens (including phenoxy) is 1. The molecule has 0 aromatic heterocycles. The number of hydrogen-bond donors (Lipinski definition) is 0. The van der Waals surface area contributed by atoms with Crippen molar-refractivity contribution in [3.8, 4) is 5.75 Å². The van der Waals surface area contributed by atoms with E-state index in [1.807, 2.05) is 12.1 Å². The molecule has 2 aliphatic heterocycles. The van der Waals surface area contributed by atoms with Gasteiger partial charge in [-0.3, -0.25) is 9.69 Å². The monoisotopic (exact) mass is 376 g/mol. The summed E-state index contributed by atoms with van der Waals surface area (Å²) in [5.41, 5.74) is 2.23. The minimum Gasteiger partial charge on any atom is -0.497 e. The fourth-order valence-corrected chi connectivity index (χ4v) is 5.05. The third-order valence-electron chi connectivity index (χ3n) is 6.98. The highest BCUT2D eigenvalue weighted by atomic mass is 16.5. The molecule has 0 unspecified atom stereocenters. The first kappa shape index (κ1) is 17.7. The third kappa shape index (κ3) is 3.00. The van der Waals surface area contributed by atoms with E-state index in [4.69, 9.17) is 4.74 Å². The van der Waals surface area contributed by atoms with Crippen LogP contribution < -0.4 is 4.74 Å². The molecule has 28 heavy (non-hydrogen) atoms. The molecular formula is C24H28N2O2. The fourth-order valence-electron chi connectivity index (χ4n) is 5.05. The fraction of sp³-hybridized carbons (Fsp3) is 0.458. The molecule has 0 bridgehead atoms. The highest BCUT2D eigenvalue weighted by molar-refractivity contribution is 5.91. The summed E-state index contributed by atoms with van der Waals surface area (Å²) in [7, 11) is 1.68. The molecule has 5 rings (SSSR count). The maximum Gasteiger partial charge on any atom is 0.233 e. The third-order valence-corrected chi connectivity index (χ3v) is 6.98. The van der Waals surface area contributed by atoms with E-state index in [9.17, 15) is 4.79 Å². The predicted octanol–water partition coefficient (Wildman–Crippen LogP) is 3.46. The van der Waals surface area contributed by atoms with Crippen molar-refractivity contribution in [3.05, 3.63) is 65.7 Å². The van der Waals surface area contributed by atoms with Crippen LogP contribution in [0.5, 0.6) is 5.75 Å². The number of amides is 1. The van der Waals surface area contributed by atoms with Gasteiger partial charge in [-0.2, -0.15) is 0 Å². The molecule has 0 N–H and O–H groups in total. The SMILES string of the molecule is COc1ccc(C2(C(=O)N3CC[C@@H]4CN(Cc5ccccc5)[C@@H]4C3)CC2)cc1. The summed E-state index contributed by atoms with van der Waals surface area (Å²) < 4.78 is 5.27. The molecular weight excluding hydrogens is 348 g/mol. The summed E-state index contributed by atoms with van der Waals surface area (Å²) in [6.07, 6.45) is 3.08. The number of nitrogens with zero attached hydrogens (tertiary/aromatic N) is 2. The Morgan fingerprint density at radius 2 is 1.82 bits per heavy atom. The Labute approximate surface area is 167 Å². The topological polar surface area (TPSA) is 32.8 Å². The lowest BCUT2D eigenvalue weighted by Crippen LogP contribution is -2.64. The molecule has 1 aliphatic carbocycles. The Kier molecular flexibility index (Phi) is 4.39. The van der Waals surface area contributed by atoms with Gasteiger partial charge in [0, 0.05) is 32.2 Å². The molecule has 3 fully saturated rings. The number of benzene rings is 2. The molecule has 0 spiro atoms. The summed E-state index contributed by atoms with van der Waals surface area (Å²) >= 11 is 0. The number of methoxy groups -OCH3 is 1. The van der Waals surface area contributed by atoms with E-state index in [-0.39, 0.29) is 5.41 Å². The van der Waals surface area contributed by atoms with Crippen molar-refractivity contribution in [2.45, 2.75) is 37.3 Å². The normalized spacial score (nSPS) is 25.5. The van der Waals surface area contributed by atoms with Crippen LogP contribution in [0.1, 0.15) is 30.4 Å². The first-order chi connectivity index (χ1) is 13.7. The quantitative estimate of drug-likeness (QED) is 0.801. The van der Waals surface area contributed by atoms with Crippen molar-refractivity contribution in [2.75, 3.05) is 26.7 Å². The Morgan fingerprint density at radius 3 is 2.50 bits per heavy atom. The predicted molar refractivity (Wildman–Crippen MR) is 109 cm³/mol. The van der Waals surface area contributed by atoms with Crippen LogP contribution in [-0.2, 0) is 16.8 Å². The standard InChI is InChI=1S/C24H28N2O2/c1-28-21-9-7-20(8-10-21)24(12-13-24)23(27)25-14-11-19-16-26(22(19)17-25)15-18-5-3-2-4-6-18/h2-10,19,22H,11-17H2,1H3/t19-,22-/m1/s1. The Bertz CT molecular complexity index is 845. The molecule has 2 aromatic carbocycles. The number of carbonyl (C=O) groups is 1. The first-order valence-electron chi connectivity index (χ1n) is 10.4. The van der Waals surface area contributed by atoms with E-state index in [1.54, 1.807) is 7.11 Å². The van der Waals surface area contributed by atoms with Gasteiger partial charge in [0.25, 0.3) is 0 Å². The van der Waals surface area contributed by atoms with Gasteiger partial charge in [0.2, 0.25) is 5.91 Å². The highest BCUT2D eigenvalue weighted by Crippen LogP contribution is 2.50. The van der Waals surface area contributed by atoms with E-state index >= 15 is 0 Å². The molecule has 0 radical (unpaired) electrons. The van der Waals surface area contributed by atoms with Gasteiger partial charge in [-0.15, -0.1) is 0 Å². The van der Waals surface area contributed by atoms with Crippen LogP contribution in [0.2, 0.25) is 0 Å². The largest absolute Gasteiger partial charge is 0.497 e. The number of fused-ring (bicyclic) bond motifs is 1. The zero-order valence-corrected chi connectivity index (χ0v) is 16.5. The average molecular weight is 377 g/mol. The molecule has 4 nitrogen and oxygen atoms in total. The second-order valence-electron chi connectivity index (χ2n) is 8.59. The molecule has 1 amide bonds. The highest BCUT2D eigenvalue weighted by Gasteiger charge is 2.54. The summed E-state index contributed by atoms with van der Waals surface area (Å²) in [6, 6.07) is 19.3. The molecule has 2 saturated heterocycles. The van der Waals surface area contributed by atoms with Gasteiger partial charge in [-0.1, -0.05) is 42.5 Å². The minimum atomic E-state index is -0.285. The first-order valence-corrected chi connectivity index (χ1v) is 10.4. The van der Waals surface area contributed by atoms with Crippen molar-refractivity contribution >= 4 is 5.91 Å². The van der Waals surface area contributed by atoms with E-state index in [0.29, 0.717) is 11.9 Å². The lowest BCUT2D eigenvalue weighted by Gasteiger charge is -2.54. The molecule has 2 heterocycles. The summed E-state index contributed by atoms with van der Waals surface area (Å²) in [6.45, 7) is 3.96. The lowest BCUT2D eigenvalue weighted by atomic mass is 9.81. The second-order valence-corrected chi connectivity index (χ2v) is 8.59. The smallest absolute Gasteiger partial charge is 0.233 e. The summed E-state index contributed by atoms with van der Waals surface area (Å²) in [5.74, 6) is 1.94. The molecule has 1 saturated carbocycles. The zero-order chi connectivity index (χ0) is 19.1. The van der Waals surface area contributed by atoms with Gasteiger partial charge in [0.15, 0.2) is 0 Å². The van der Waals surface area contributed by atoms with E-state index in [0.717, 1.165) is 56.1 Å². The molecule has 3 aliphatic rings. The Morgan fingerprint density at radius 1 is 1.07 bits per heavy atom. The van der Waals surface area contributed by atoms with Crippen LogP contribution >= 0.6 is 0 Å². The maximum atomic E-state index is 13.5. The molecule has 2 aromatic rings. The number of hydrogen-bond acceptors (Lipinski definition) is 3. The van der Waals surface area contributed by atoms with Crippen molar-refractivity contribution in [1.29, 1.82) is 0 Å². The zero-order valence-electron chi connectivity index (χ0n) is 16.5. The lowest BCUT2D eigenvalue weighted by molar-refractivity contribution is -0.141. The Balaban J connectivity index is 1.27. The molecule has 4 heteroatoms. The van der Waals surface area contributed by atoms with Gasteiger partial charge in [0.1, 0.15) is 5.75 Å². The summed E-state index contributed by atoms with van der Waals surface area (Å²) in [5, 5.41) is 0. The van der Waals surface area contributed by atoms with Crippen LogP contribution in [0.15, 0.2) is 54.6 Å². The van der Waals surface area contributed by atoms with E-state index in [1.165, 1.54) is 12.1 Å².